The van der Waals surface area contributed by atoms with Gasteiger partial charge in [0.2, 0.25) is 0 Å². The van der Waals surface area contributed by atoms with E-state index < -0.39 is 0 Å². The minimum Gasteiger partial charge on any atom is -0.396 e. The van der Waals surface area contributed by atoms with Crippen molar-refractivity contribution in [3.63, 3.8) is 0 Å². The molecule has 0 atom stereocenters. The van der Waals surface area contributed by atoms with E-state index in [1.54, 1.807) is 0 Å². The molecule has 4 heteroatoms. The Morgan fingerprint density at radius 3 is 2.19 bits per heavy atom. The molecule has 0 fully saturated rings. The third-order valence-electron chi connectivity index (χ3n) is 3.39. The summed E-state index contributed by atoms with van der Waals surface area (Å²) in [7, 11) is 0. The molecule has 0 aromatic heterocycles. The summed E-state index contributed by atoms with van der Waals surface area (Å²) < 4.78 is 0. The predicted octanol–water partition coefficient (Wildman–Crippen LogP) is 4.34. The molecule has 0 saturated heterocycles. The minimum atomic E-state index is 0.456. The Morgan fingerprint density at radius 1 is 0.857 bits per heavy atom. The summed E-state index contributed by atoms with van der Waals surface area (Å²) in [4.78, 5) is 0. The number of anilines is 1. The number of benzene rings is 2. The van der Waals surface area contributed by atoms with Crippen LogP contribution in [-0.2, 0) is 12.8 Å². The van der Waals surface area contributed by atoms with Crippen LogP contribution in [0.2, 0.25) is 10.0 Å². The van der Waals surface area contributed by atoms with Gasteiger partial charge in [-0.3, -0.25) is 0 Å². The van der Waals surface area contributed by atoms with Crippen molar-refractivity contribution in [1.29, 1.82) is 0 Å². The first kappa shape index (κ1) is 16.2. The molecule has 21 heavy (non-hydrogen) atoms. The Hall–Kier alpha value is -1.22. The van der Waals surface area contributed by atoms with E-state index in [-0.39, 0.29) is 0 Å². The van der Waals surface area contributed by atoms with E-state index in [2.05, 4.69) is 29.6 Å². The Kier molecular flexibility index (Phi) is 6.37. The van der Waals surface area contributed by atoms with E-state index in [4.69, 9.17) is 28.9 Å². The number of nitrogens with one attached hydrogen (secondary N) is 1. The van der Waals surface area contributed by atoms with Crippen molar-refractivity contribution in [2.75, 3.05) is 18.8 Å². The van der Waals surface area contributed by atoms with Gasteiger partial charge in [0.1, 0.15) is 0 Å². The molecular formula is C17H20Cl2N2. The average molecular weight is 323 g/mol. The second-order valence-corrected chi connectivity index (χ2v) is 5.88. The maximum absolute atomic E-state index is 6.02. The highest BCUT2D eigenvalue weighted by Crippen LogP contribution is 2.28. The van der Waals surface area contributed by atoms with Crippen LogP contribution in [0.5, 0.6) is 0 Å². The smallest absolute Gasteiger partial charge is 0.0693 e. The van der Waals surface area contributed by atoms with Crippen molar-refractivity contribution in [2.45, 2.75) is 19.3 Å². The zero-order valence-corrected chi connectivity index (χ0v) is 13.4. The zero-order valence-electron chi connectivity index (χ0n) is 11.9. The third kappa shape index (κ3) is 5.24. The molecule has 0 heterocycles. The molecule has 3 N–H and O–H groups in total. The summed E-state index contributed by atoms with van der Waals surface area (Å²) in [6.45, 7) is 1.91. The van der Waals surface area contributed by atoms with Gasteiger partial charge in [0.15, 0.2) is 0 Å². The van der Waals surface area contributed by atoms with Gasteiger partial charge < -0.3 is 11.1 Å². The van der Waals surface area contributed by atoms with E-state index in [1.165, 1.54) is 5.56 Å². The Morgan fingerprint density at radius 2 is 1.52 bits per heavy atom. The molecule has 0 spiro atoms. The van der Waals surface area contributed by atoms with Gasteiger partial charge in [0, 0.05) is 0 Å². The summed E-state index contributed by atoms with van der Waals surface area (Å²) in [6, 6.07) is 14.3. The molecule has 2 nitrogen and oxygen atoms in total. The van der Waals surface area contributed by atoms with Crippen molar-refractivity contribution in [3.8, 4) is 0 Å². The van der Waals surface area contributed by atoms with Crippen LogP contribution in [0.1, 0.15) is 17.5 Å². The van der Waals surface area contributed by atoms with Gasteiger partial charge in [-0.1, -0.05) is 53.5 Å². The van der Waals surface area contributed by atoms with Crippen LogP contribution in [0.25, 0.3) is 0 Å². The molecule has 0 saturated carbocycles. The highest BCUT2D eigenvalue weighted by Gasteiger charge is 2.04. The quantitative estimate of drug-likeness (QED) is 0.587. The van der Waals surface area contributed by atoms with Crippen LogP contribution in [0.15, 0.2) is 42.5 Å². The molecule has 2 aromatic carbocycles. The maximum atomic E-state index is 6.02. The summed E-state index contributed by atoms with van der Waals surface area (Å²) in [5, 5.41) is 4.50. The number of hydrogen-bond donors (Lipinski definition) is 2. The Bertz CT molecular complexity index is 547. The fourth-order valence-corrected chi connectivity index (χ4v) is 2.73. The lowest BCUT2D eigenvalue weighted by Crippen LogP contribution is -2.19. The highest BCUT2D eigenvalue weighted by molar-refractivity contribution is 6.38. The molecule has 2 rings (SSSR count). The molecule has 0 aliphatic heterocycles. The molecule has 0 aliphatic carbocycles. The fourth-order valence-electron chi connectivity index (χ4n) is 2.20. The average Bonchev–Trinajstić information content (AvgIpc) is 2.49. The van der Waals surface area contributed by atoms with Gasteiger partial charge >= 0.3 is 0 Å². The monoisotopic (exact) mass is 322 g/mol. The normalized spacial score (nSPS) is 10.8. The van der Waals surface area contributed by atoms with Crippen molar-refractivity contribution < 1.29 is 0 Å². The van der Waals surface area contributed by atoms with Crippen LogP contribution in [-0.4, -0.2) is 13.1 Å². The third-order valence-corrected chi connectivity index (χ3v) is 4.02. The highest BCUT2D eigenvalue weighted by atomic mass is 35.5. The van der Waals surface area contributed by atoms with Crippen molar-refractivity contribution in [2.24, 2.45) is 0 Å². The number of halogens is 2. The van der Waals surface area contributed by atoms with Crippen LogP contribution in [0, 0.1) is 0 Å². The van der Waals surface area contributed by atoms with Crippen LogP contribution >= 0.6 is 23.2 Å². The first-order chi connectivity index (χ1) is 10.2. The SMILES string of the molecule is Nc1c(Cl)cc(CCNCCCc2ccccc2)cc1Cl. The van der Waals surface area contributed by atoms with Crippen LogP contribution in [0.3, 0.4) is 0 Å². The Balaban J connectivity index is 1.66. The molecule has 2 aromatic rings. The lowest BCUT2D eigenvalue weighted by Gasteiger charge is -2.08. The summed E-state index contributed by atoms with van der Waals surface area (Å²) in [6.07, 6.45) is 3.13. The lowest BCUT2D eigenvalue weighted by atomic mass is 10.1. The molecule has 0 amide bonds. The van der Waals surface area contributed by atoms with Gasteiger partial charge in [-0.2, -0.15) is 0 Å². The molecular weight excluding hydrogens is 303 g/mol. The lowest BCUT2D eigenvalue weighted by molar-refractivity contribution is 0.647. The van der Waals surface area contributed by atoms with Gasteiger partial charge in [-0.25, -0.2) is 0 Å². The molecule has 0 unspecified atom stereocenters. The van der Waals surface area contributed by atoms with E-state index in [1.807, 2.05) is 18.2 Å². The van der Waals surface area contributed by atoms with Gasteiger partial charge in [-0.15, -0.1) is 0 Å². The molecule has 0 bridgehead atoms. The van der Waals surface area contributed by atoms with E-state index >= 15 is 0 Å². The van der Waals surface area contributed by atoms with Crippen LogP contribution < -0.4 is 11.1 Å². The Labute approximate surface area is 136 Å². The van der Waals surface area contributed by atoms with Crippen molar-refractivity contribution in [3.05, 3.63) is 63.6 Å². The fraction of sp³-hybridized carbons (Fsp3) is 0.294. The predicted molar refractivity (Wildman–Crippen MR) is 92.2 cm³/mol. The summed E-state index contributed by atoms with van der Waals surface area (Å²) in [5.74, 6) is 0. The number of nitrogens with two attached hydrogens (primary N) is 1. The van der Waals surface area contributed by atoms with Gasteiger partial charge in [0.05, 0.1) is 15.7 Å². The number of aryl methyl sites for hydroxylation is 1. The van der Waals surface area contributed by atoms with E-state index in [0.29, 0.717) is 15.7 Å². The molecule has 112 valence electrons. The molecule has 0 radical (unpaired) electrons. The number of hydrogen-bond acceptors (Lipinski definition) is 2. The first-order valence-corrected chi connectivity index (χ1v) is 7.90. The first-order valence-electron chi connectivity index (χ1n) is 7.15. The number of rotatable bonds is 7. The topological polar surface area (TPSA) is 38.0 Å². The molecule has 0 aliphatic rings. The van der Waals surface area contributed by atoms with E-state index in [0.717, 1.165) is 37.9 Å². The second-order valence-electron chi connectivity index (χ2n) is 5.06. The zero-order chi connectivity index (χ0) is 15.1. The number of nitrogen functional groups attached to an aromatic ring is 1. The van der Waals surface area contributed by atoms with Crippen molar-refractivity contribution in [1.82, 2.24) is 5.32 Å². The van der Waals surface area contributed by atoms with Gasteiger partial charge in [-0.05, 0) is 55.6 Å². The minimum absolute atomic E-state index is 0.456. The maximum Gasteiger partial charge on any atom is 0.0693 e. The standard InChI is InChI=1S/C17H20Cl2N2/c18-15-11-14(12-16(19)17(15)20)8-10-21-9-4-7-13-5-2-1-3-6-13/h1-3,5-6,11-12,21H,4,7-10,20H2. The summed E-state index contributed by atoms with van der Waals surface area (Å²) in [5.41, 5.74) is 8.67. The van der Waals surface area contributed by atoms with E-state index in [9.17, 15) is 0 Å². The van der Waals surface area contributed by atoms with Crippen molar-refractivity contribution >= 4 is 28.9 Å². The second kappa shape index (κ2) is 8.28. The summed E-state index contributed by atoms with van der Waals surface area (Å²) >= 11 is 12.0. The van der Waals surface area contributed by atoms with Gasteiger partial charge in [0.25, 0.3) is 0 Å². The largest absolute Gasteiger partial charge is 0.396 e. The van der Waals surface area contributed by atoms with Crippen LogP contribution in [0.4, 0.5) is 5.69 Å².